The van der Waals surface area contributed by atoms with Crippen LogP contribution in [0.1, 0.15) is 10.9 Å². The van der Waals surface area contributed by atoms with Gasteiger partial charge in [0.15, 0.2) is 0 Å². The van der Waals surface area contributed by atoms with Gasteiger partial charge in [-0.25, -0.2) is 0 Å². The minimum Gasteiger partial charge on any atom is -0.508 e. The van der Waals surface area contributed by atoms with Crippen LogP contribution >= 0.6 is 11.8 Å². The number of aromatic hydroxyl groups is 1. The van der Waals surface area contributed by atoms with Crippen molar-refractivity contribution in [3.05, 3.63) is 29.8 Å². The third kappa shape index (κ3) is 2.17. The molecule has 1 heterocycles. The lowest BCUT2D eigenvalue weighted by Gasteiger charge is -2.24. The van der Waals surface area contributed by atoms with Gasteiger partial charge in [-0.2, -0.15) is 0 Å². The fourth-order valence-corrected chi connectivity index (χ4v) is 3.10. The minimum atomic E-state index is -0.590. The van der Waals surface area contributed by atoms with Crippen molar-refractivity contribution in [3.8, 4) is 5.75 Å². The fraction of sp³-hybridized carbons (Fsp3) is 0.455. The van der Waals surface area contributed by atoms with E-state index in [0.717, 1.165) is 5.56 Å². The topological polar surface area (TPSA) is 72.7 Å². The molecule has 2 rings (SSSR count). The Labute approximate surface area is 98.3 Å². The molecular weight excluding hydrogens is 226 g/mol. The minimum absolute atomic E-state index is 0.0555. The van der Waals surface area contributed by atoms with E-state index < -0.39 is 5.54 Å². The normalized spacial score (nSPS) is 23.5. The first-order valence-corrected chi connectivity index (χ1v) is 6.14. The smallest absolute Gasteiger partial charge is 0.115 e. The number of rotatable bonds is 3. The quantitative estimate of drug-likeness (QED) is 0.618. The van der Waals surface area contributed by atoms with E-state index in [1.54, 1.807) is 23.9 Å². The second-order valence-corrected chi connectivity index (χ2v) is 5.12. The molecule has 0 aliphatic carbocycles. The maximum atomic E-state index is 9.25. The SMILES string of the molecule is OCC1(CO)CS[C@@H](c2ccc(O)cc2)N1. The van der Waals surface area contributed by atoms with Crippen molar-refractivity contribution in [1.82, 2.24) is 5.32 Å². The molecule has 0 spiro atoms. The first kappa shape index (κ1) is 11.7. The Hall–Kier alpha value is -0.750. The number of hydrogen-bond acceptors (Lipinski definition) is 5. The number of thioether (sulfide) groups is 1. The molecule has 1 atom stereocenters. The van der Waals surface area contributed by atoms with Gasteiger partial charge in [-0.15, -0.1) is 11.8 Å². The molecule has 5 heteroatoms. The van der Waals surface area contributed by atoms with E-state index in [2.05, 4.69) is 5.32 Å². The number of aliphatic hydroxyl groups excluding tert-OH is 2. The van der Waals surface area contributed by atoms with Crippen LogP contribution in [-0.4, -0.2) is 39.8 Å². The average molecular weight is 241 g/mol. The maximum Gasteiger partial charge on any atom is 0.115 e. The molecule has 1 aliphatic rings. The number of hydrogen-bond donors (Lipinski definition) is 4. The summed E-state index contributed by atoms with van der Waals surface area (Å²) in [5, 5.41) is 31.0. The molecule has 4 nitrogen and oxygen atoms in total. The van der Waals surface area contributed by atoms with Crippen molar-refractivity contribution >= 4 is 11.8 Å². The third-order valence-corrected chi connectivity index (χ3v) is 4.21. The van der Waals surface area contributed by atoms with Gasteiger partial charge in [-0.05, 0) is 17.7 Å². The predicted octanol–water partition coefficient (Wildman–Crippen LogP) is 0.451. The lowest BCUT2D eigenvalue weighted by molar-refractivity contribution is 0.112. The molecule has 4 N–H and O–H groups in total. The van der Waals surface area contributed by atoms with Gasteiger partial charge in [0.1, 0.15) is 5.75 Å². The largest absolute Gasteiger partial charge is 0.508 e. The van der Waals surface area contributed by atoms with Crippen LogP contribution in [0.3, 0.4) is 0 Å². The molecule has 1 aromatic rings. The first-order valence-electron chi connectivity index (χ1n) is 5.09. The number of aliphatic hydroxyl groups is 2. The Morgan fingerprint density at radius 3 is 2.38 bits per heavy atom. The Balaban J connectivity index is 2.11. The number of nitrogens with one attached hydrogen (secondary N) is 1. The zero-order chi connectivity index (χ0) is 11.6. The van der Waals surface area contributed by atoms with E-state index in [1.165, 1.54) is 0 Å². The van der Waals surface area contributed by atoms with Crippen LogP contribution in [0.15, 0.2) is 24.3 Å². The molecule has 0 radical (unpaired) electrons. The van der Waals surface area contributed by atoms with Crippen molar-refractivity contribution in [2.75, 3.05) is 19.0 Å². The van der Waals surface area contributed by atoms with Crippen LogP contribution < -0.4 is 5.32 Å². The van der Waals surface area contributed by atoms with Gasteiger partial charge in [0.05, 0.1) is 24.1 Å². The summed E-state index contributed by atoms with van der Waals surface area (Å²) in [7, 11) is 0. The van der Waals surface area contributed by atoms with Crippen molar-refractivity contribution in [2.45, 2.75) is 10.9 Å². The van der Waals surface area contributed by atoms with Crippen molar-refractivity contribution in [2.24, 2.45) is 0 Å². The summed E-state index contributed by atoms with van der Waals surface area (Å²) < 4.78 is 0. The summed E-state index contributed by atoms with van der Waals surface area (Å²) in [6.07, 6.45) is 0. The molecule has 1 saturated heterocycles. The lowest BCUT2D eigenvalue weighted by Crippen LogP contribution is -2.49. The van der Waals surface area contributed by atoms with Gasteiger partial charge in [0.2, 0.25) is 0 Å². The maximum absolute atomic E-state index is 9.25. The first-order chi connectivity index (χ1) is 7.69. The number of phenolic OH excluding ortho intramolecular Hbond substituents is 1. The van der Waals surface area contributed by atoms with Crippen LogP contribution in [0.25, 0.3) is 0 Å². The third-order valence-electron chi connectivity index (χ3n) is 2.76. The van der Waals surface area contributed by atoms with E-state index >= 15 is 0 Å². The van der Waals surface area contributed by atoms with E-state index in [0.29, 0.717) is 5.75 Å². The number of benzene rings is 1. The molecule has 88 valence electrons. The monoisotopic (exact) mass is 241 g/mol. The van der Waals surface area contributed by atoms with Crippen LogP contribution in [0.4, 0.5) is 0 Å². The van der Waals surface area contributed by atoms with E-state index in [9.17, 15) is 15.3 Å². The molecule has 0 bridgehead atoms. The van der Waals surface area contributed by atoms with Gasteiger partial charge in [-0.1, -0.05) is 12.1 Å². The lowest BCUT2D eigenvalue weighted by atomic mass is 10.0. The highest BCUT2D eigenvalue weighted by atomic mass is 32.2. The van der Waals surface area contributed by atoms with E-state index in [1.807, 2.05) is 12.1 Å². The Bertz CT molecular complexity index is 351. The van der Waals surface area contributed by atoms with E-state index in [4.69, 9.17) is 0 Å². The van der Waals surface area contributed by atoms with Gasteiger partial charge in [0, 0.05) is 5.75 Å². The highest BCUT2D eigenvalue weighted by Gasteiger charge is 2.38. The molecule has 1 aromatic carbocycles. The van der Waals surface area contributed by atoms with Crippen LogP contribution in [0, 0.1) is 0 Å². The summed E-state index contributed by atoms with van der Waals surface area (Å²) in [6, 6.07) is 6.95. The summed E-state index contributed by atoms with van der Waals surface area (Å²) in [5.41, 5.74) is 0.444. The summed E-state index contributed by atoms with van der Waals surface area (Å²) >= 11 is 1.64. The van der Waals surface area contributed by atoms with Crippen molar-refractivity contribution in [1.29, 1.82) is 0 Å². The van der Waals surface area contributed by atoms with Crippen LogP contribution in [0.2, 0.25) is 0 Å². The highest BCUT2D eigenvalue weighted by molar-refractivity contribution is 7.99. The predicted molar refractivity (Wildman–Crippen MR) is 63.3 cm³/mol. The van der Waals surface area contributed by atoms with Gasteiger partial charge < -0.3 is 15.3 Å². The molecule has 0 aromatic heterocycles. The zero-order valence-electron chi connectivity index (χ0n) is 8.76. The summed E-state index contributed by atoms with van der Waals surface area (Å²) in [6.45, 7) is -0.157. The molecule has 0 saturated carbocycles. The van der Waals surface area contributed by atoms with Crippen LogP contribution in [-0.2, 0) is 0 Å². The summed E-state index contributed by atoms with van der Waals surface area (Å²) in [4.78, 5) is 0. The van der Waals surface area contributed by atoms with E-state index in [-0.39, 0.29) is 24.3 Å². The molecule has 0 amide bonds. The van der Waals surface area contributed by atoms with Crippen LogP contribution in [0.5, 0.6) is 5.75 Å². The number of phenols is 1. The van der Waals surface area contributed by atoms with Crippen molar-refractivity contribution in [3.63, 3.8) is 0 Å². The molecular formula is C11H15NO3S. The second kappa shape index (κ2) is 4.63. The van der Waals surface area contributed by atoms with Gasteiger partial charge in [-0.3, -0.25) is 5.32 Å². The highest BCUT2D eigenvalue weighted by Crippen LogP contribution is 2.37. The average Bonchev–Trinajstić information content (AvgIpc) is 2.75. The Morgan fingerprint density at radius 2 is 1.88 bits per heavy atom. The van der Waals surface area contributed by atoms with Crippen molar-refractivity contribution < 1.29 is 15.3 Å². The molecule has 1 aliphatic heterocycles. The Kier molecular flexibility index (Phi) is 3.39. The second-order valence-electron chi connectivity index (χ2n) is 4.02. The zero-order valence-corrected chi connectivity index (χ0v) is 9.57. The van der Waals surface area contributed by atoms with Gasteiger partial charge in [0.25, 0.3) is 0 Å². The summed E-state index contributed by atoms with van der Waals surface area (Å²) in [5.74, 6) is 0.910. The standard InChI is InChI=1S/C11H15NO3S/c13-5-11(6-14)7-16-10(12-11)8-1-3-9(15)4-2-8/h1-4,10,12-15H,5-7H2/t10-/m0/s1. The fourth-order valence-electron chi connectivity index (χ4n) is 1.67. The molecule has 1 fully saturated rings. The molecule has 16 heavy (non-hydrogen) atoms. The Morgan fingerprint density at radius 1 is 1.25 bits per heavy atom. The van der Waals surface area contributed by atoms with Gasteiger partial charge >= 0.3 is 0 Å². The molecule has 0 unspecified atom stereocenters.